The Hall–Kier alpha value is -12.5. The molecule has 3 aromatic heterocycles. The number of anilines is 9. The highest BCUT2D eigenvalue weighted by Gasteiger charge is 2.43. The second-order valence-corrected chi connectivity index (χ2v) is 31.0. The molecule has 0 saturated heterocycles. The van der Waals surface area contributed by atoms with Crippen molar-refractivity contribution in [2.75, 3.05) is 14.7 Å². The quantitative estimate of drug-likeness (QED) is 0.151. The molecule has 6 aliphatic heterocycles. The molecular weight excluding hydrogens is 1270 g/mol. The lowest BCUT2D eigenvalue weighted by Gasteiger charge is -2.41. The van der Waals surface area contributed by atoms with E-state index in [0.717, 1.165) is 77.0 Å². The third kappa shape index (κ3) is 7.85. The summed E-state index contributed by atoms with van der Waals surface area (Å²) >= 11 is 0. The molecule has 0 radical (unpaired) electrons. The fourth-order valence-electron chi connectivity index (χ4n) is 21.4. The van der Waals surface area contributed by atoms with E-state index in [9.17, 15) is 0 Å². The zero-order valence-electron chi connectivity index (χ0n) is 57.9. The van der Waals surface area contributed by atoms with Crippen molar-refractivity contribution in [1.82, 2.24) is 15.0 Å². The predicted molar refractivity (Wildman–Crippen MR) is 423 cm³/mol. The number of hydrogen-bond acceptors (Lipinski definition) is 6. The molecule has 9 heterocycles. The van der Waals surface area contributed by atoms with Crippen LogP contribution in [0.25, 0.3) is 66.8 Å². The van der Waals surface area contributed by atoms with Gasteiger partial charge in [0.25, 0.3) is 0 Å². The topological polar surface area (TPSA) is 48.4 Å². The normalized spacial score (nSPS) is 14.9. The number of fused-ring (bicyclic) bond motifs is 36. The Kier molecular flexibility index (Phi) is 11.5. The molecule has 0 unspecified atom stereocenters. The molecule has 105 heavy (non-hydrogen) atoms. The van der Waals surface area contributed by atoms with E-state index < -0.39 is 0 Å². The van der Waals surface area contributed by atoms with Crippen molar-refractivity contribution in [1.29, 1.82) is 0 Å². The summed E-state index contributed by atoms with van der Waals surface area (Å²) in [5, 5.41) is 0. The van der Waals surface area contributed by atoms with Gasteiger partial charge in [0.15, 0.2) is 0 Å². The lowest BCUT2D eigenvalue weighted by molar-refractivity contribution is 0.949. The van der Waals surface area contributed by atoms with Gasteiger partial charge in [0, 0.05) is 80.0 Å². The van der Waals surface area contributed by atoms with E-state index in [4.69, 9.17) is 15.0 Å². The zero-order chi connectivity index (χ0) is 68.0. The third-order valence-corrected chi connectivity index (χ3v) is 25.8. The van der Waals surface area contributed by atoms with E-state index >= 15 is 0 Å². The standard InChI is InChI=1S/3C33H22N2/c1-3-7-25-20(6-1)15-28-27(25)11-12-30-29(28)16-24-18-34-17-23-14-22-10-9-21-13-19-5-2-4-8-26(19)31(21)33(22)35(30)32(23)24;1-3-7-24-20(6-1)17-27-26(24)11-12-30-28(27)18-29-32-23(13-14-34-29)16-22-10-9-21-15-19-5-2-4-8-25(19)31(21)33(22)35(30)32;1-3-7-24-20(6-1)16-27-26(24)11-12-30-28(27)17-23-13-14-34-29-18-22-10-9-21-15-19-5-2-4-8-25(19)31(21)33(22)35(30)32(23)29/h1-12,17-18H,13-16H2;2*1-14H,15-18H2. The van der Waals surface area contributed by atoms with E-state index in [0.29, 0.717) is 0 Å². The van der Waals surface area contributed by atoms with E-state index in [1.165, 1.54) is 252 Å². The Morgan fingerprint density at radius 1 is 0.190 bits per heavy atom. The predicted octanol–water partition coefficient (Wildman–Crippen LogP) is 22.5. The zero-order valence-corrected chi connectivity index (χ0v) is 57.9. The summed E-state index contributed by atoms with van der Waals surface area (Å²) in [5.41, 5.74) is 63.1. The highest BCUT2D eigenvalue weighted by Crippen LogP contribution is 2.62. The van der Waals surface area contributed by atoms with Gasteiger partial charge in [-0.15, -0.1) is 0 Å². The monoisotopic (exact) mass is 1340 g/mol. The molecule has 12 aliphatic rings. The Balaban J connectivity index is 0.0000000914. The first kappa shape index (κ1) is 57.1. The van der Waals surface area contributed by atoms with Crippen LogP contribution in [-0.4, -0.2) is 15.0 Å². The molecule has 12 aromatic carbocycles. The first-order chi connectivity index (χ1) is 52.0. The van der Waals surface area contributed by atoms with Crippen LogP contribution in [0.15, 0.2) is 255 Å². The van der Waals surface area contributed by atoms with Crippen LogP contribution in [-0.2, 0) is 77.0 Å². The van der Waals surface area contributed by atoms with Gasteiger partial charge in [0.1, 0.15) is 0 Å². The van der Waals surface area contributed by atoms with Crippen molar-refractivity contribution in [2.24, 2.45) is 0 Å². The van der Waals surface area contributed by atoms with Gasteiger partial charge < -0.3 is 14.7 Å². The van der Waals surface area contributed by atoms with Gasteiger partial charge in [-0.2, -0.15) is 0 Å². The van der Waals surface area contributed by atoms with Crippen molar-refractivity contribution in [3.05, 3.63) is 389 Å². The molecule has 27 rings (SSSR count). The van der Waals surface area contributed by atoms with Crippen LogP contribution in [0.4, 0.5) is 51.2 Å². The minimum absolute atomic E-state index is 0.899. The number of rotatable bonds is 0. The highest BCUT2D eigenvalue weighted by atomic mass is 15.2. The second kappa shape index (κ2) is 21.1. The van der Waals surface area contributed by atoms with Crippen molar-refractivity contribution in [3.8, 4) is 66.8 Å². The first-order valence-electron chi connectivity index (χ1n) is 37.7. The van der Waals surface area contributed by atoms with Crippen molar-refractivity contribution >= 4 is 51.2 Å². The molecule has 492 valence electrons. The minimum Gasteiger partial charge on any atom is -0.309 e. The Morgan fingerprint density at radius 3 is 0.924 bits per heavy atom. The Labute approximate surface area is 609 Å². The maximum Gasteiger partial charge on any atom is 0.0716 e. The van der Waals surface area contributed by atoms with E-state index in [1.54, 1.807) is 0 Å². The summed E-state index contributed by atoms with van der Waals surface area (Å²) in [7, 11) is 0. The van der Waals surface area contributed by atoms with Gasteiger partial charge in [-0.05, 0) is 241 Å². The summed E-state index contributed by atoms with van der Waals surface area (Å²) in [5.74, 6) is 0. The van der Waals surface area contributed by atoms with Crippen LogP contribution in [0.1, 0.15) is 134 Å². The van der Waals surface area contributed by atoms with Crippen molar-refractivity contribution in [2.45, 2.75) is 77.0 Å². The summed E-state index contributed by atoms with van der Waals surface area (Å²) in [6.07, 6.45) is 20.0. The lowest BCUT2D eigenvalue weighted by Crippen LogP contribution is -2.26. The van der Waals surface area contributed by atoms with Crippen molar-refractivity contribution < 1.29 is 0 Å². The maximum atomic E-state index is 4.95. The van der Waals surface area contributed by atoms with Gasteiger partial charge in [-0.1, -0.05) is 200 Å². The largest absolute Gasteiger partial charge is 0.309 e. The first-order valence-corrected chi connectivity index (χ1v) is 37.7. The Bertz CT molecular complexity index is 5900. The molecule has 0 bridgehead atoms. The van der Waals surface area contributed by atoms with Gasteiger partial charge in [0.2, 0.25) is 0 Å². The van der Waals surface area contributed by atoms with E-state index in [1.807, 2.05) is 12.4 Å². The van der Waals surface area contributed by atoms with Gasteiger partial charge in [0.05, 0.1) is 62.6 Å². The van der Waals surface area contributed by atoms with Gasteiger partial charge >= 0.3 is 0 Å². The van der Waals surface area contributed by atoms with Crippen LogP contribution >= 0.6 is 0 Å². The average Bonchev–Trinajstić information content (AvgIpc) is 1.69. The van der Waals surface area contributed by atoms with Gasteiger partial charge in [-0.3, -0.25) is 15.0 Å². The van der Waals surface area contributed by atoms with E-state index in [2.05, 4.69) is 258 Å². The summed E-state index contributed by atoms with van der Waals surface area (Å²) in [6.45, 7) is 0. The fraction of sp³-hybridized carbons (Fsp3) is 0.121. The number of benzene rings is 12. The SMILES string of the molecule is c1ccc2c(c1)Cc1c-2ccc2c1Cc1ccnc3c1N2c1c(ccc2c1-c1ccccc1C2)C3.c1ccc2c(c1)Cc1c-2ccc2c1Cc1cncc3c1N2c1c(ccc2c1-c1ccccc1C2)C3.c1ccc2c(c1)Cc1c-2ccc2c1Cc1nccc3c1N2c1c(ccc2c1-c1ccccc1C2)C3. The molecule has 0 atom stereocenters. The summed E-state index contributed by atoms with van der Waals surface area (Å²) < 4.78 is 0. The molecule has 6 heteroatoms. The minimum atomic E-state index is 0.899. The summed E-state index contributed by atoms with van der Waals surface area (Å²) in [4.78, 5) is 22.3. The molecular formula is C99H66N6. The number of hydrogen-bond donors (Lipinski definition) is 0. The second-order valence-electron chi connectivity index (χ2n) is 31.0. The molecule has 0 N–H and O–H groups in total. The summed E-state index contributed by atoms with van der Waals surface area (Å²) in [6, 6.07) is 86.5. The van der Waals surface area contributed by atoms with Crippen LogP contribution in [0, 0.1) is 0 Å². The van der Waals surface area contributed by atoms with Crippen LogP contribution in [0.5, 0.6) is 0 Å². The number of nitrogens with zero attached hydrogens (tertiary/aromatic N) is 6. The lowest BCUT2D eigenvalue weighted by atomic mass is 9.83. The number of pyridine rings is 3. The fourth-order valence-corrected chi connectivity index (χ4v) is 21.4. The molecule has 6 aliphatic carbocycles. The van der Waals surface area contributed by atoms with Crippen LogP contribution in [0.3, 0.4) is 0 Å². The average molecular weight is 1340 g/mol. The van der Waals surface area contributed by atoms with Gasteiger partial charge in [-0.25, -0.2) is 0 Å². The number of aromatic nitrogens is 3. The molecule has 6 nitrogen and oxygen atoms in total. The highest BCUT2D eigenvalue weighted by molar-refractivity contribution is 6.04. The van der Waals surface area contributed by atoms with Crippen LogP contribution < -0.4 is 14.7 Å². The molecule has 0 saturated carbocycles. The smallest absolute Gasteiger partial charge is 0.0716 e. The third-order valence-electron chi connectivity index (χ3n) is 25.8. The van der Waals surface area contributed by atoms with E-state index in [-0.39, 0.29) is 0 Å². The molecule has 0 amide bonds. The van der Waals surface area contributed by atoms with Crippen molar-refractivity contribution in [3.63, 3.8) is 0 Å². The molecule has 0 spiro atoms. The maximum absolute atomic E-state index is 4.95. The van der Waals surface area contributed by atoms with Crippen LogP contribution in [0.2, 0.25) is 0 Å². The molecule has 0 fully saturated rings. The Morgan fingerprint density at radius 2 is 0.486 bits per heavy atom. The molecule has 15 aromatic rings.